The van der Waals surface area contributed by atoms with Gasteiger partial charge in [-0.15, -0.1) is 0 Å². The average Bonchev–Trinajstić information content (AvgIpc) is 3.84. The zero-order valence-corrected chi connectivity index (χ0v) is 43.4. The Morgan fingerprint density at radius 2 is 1.15 bits per heavy atom. The molecule has 0 saturated carbocycles. The third kappa shape index (κ3) is 37.9. The van der Waals surface area contributed by atoms with E-state index in [1.54, 1.807) is 20.0 Å². The van der Waals surface area contributed by atoms with Crippen LogP contribution in [-0.2, 0) is 63.7 Å². The van der Waals surface area contributed by atoms with Crippen LogP contribution >= 0.6 is 0 Å². The summed E-state index contributed by atoms with van der Waals surface area (Å²) >= 11 is 0. The minimum absolute atomic E-state index is 0.0222. The Morgan fingerprint density at radius 3 is 1.70 bits per heavy atom. The third-order valence-electron chi connectivity index (χ3n) is 12.0. The number of H-pyrrole nitrogens is 1. The standard InChI is InChI=1S/C52H90N6O13/c1-41(59)25-26-46(61)42(35-47(62)52(2,3)58-51(67)45(53)36-43-37-54-40-57-43)21-18-19-27-55-48(63)38-71-34-32-69-30-28-56-49(64)39-70-33-31-68-29-20-23-44(60)22-16-14-12-10-8-6-4-5-7-9-11-13-15-17-24-50(65)66/h37,40,42,45H,4-36,38-39,53H2,1-3H3,(H,54,57)(H,55,63)(H,56,64)(H,58,67)(H,65,66)/t42-,45+/m1/s1. The van der Waals surface area contributed by atoms with Gasteiger partial charge in [-0.2, -0.15) is 0 Å². The van der Waals surface area contributed by atoms with Gasteiger partial charge in [0.15, 0.2) is 5.78 Å². The van der Waals surface area contributed by atoms with Crippen LogP contribution in [0.2, 0.25) is 0 Å². The lowest BCUT2D eigenvalue weighted by Gasteiger charge is -2.28. The predicted octanol–water partition coefficient (Wildman–Crippen LogP) is 5.83. The second-order valence-electron chi connectivity index (χ2n) is 19.0. The summed E-state index contributed by atoms with van der Waals surface area (Å²) in [4.78, 5) is 105. The van der Waals surface area contributed by atoms with Crippen molar-refractivity contribution in [3.05, 3.63) is 18.2 Å². The number of unbranched alkanes of at least 4 members (excludes halogenated alkanes) is 14. The second-order valence-corrected chi connectivity index (χ2v) is 19.0. The molecule has 406 valence electrons. The van der Waals surface area contributed by atoms with Crippen molar-refractivity contribution in [2.75, 3.05) is 65.9 Å². The fourth-order valence-corrected chi connectivity index (χ4v) is 7.65. The maximum atomic E-state index is 13.4. The summed E-state index contributed by atoms with van der Waals surface area (Å²) in [5, 5.41) is 16.8. The largest absolute Gasteiger partial charge is 0.481 e. The molecule has 0 aliphatic heterocycles. The lowest BCUT2D eigenvalue weighted by Crippen LogP contribution is -2.55. The maximum Gasteiger partial charge on any atom is 0.303 e. The van der Waals surface area contributed by atoms with Gasteiger partial charge in [-0.25, -0.2) is 4.98 Å². The number of hydrogen-bond donors (Lipinski definition) is 6. The van der Waals surface area contributed by atoms with E-state index in [4.69, 9.17) is 29.8 Å². The molecule has 1 rings (SSSR count). The molecule has 0 spiro atoms. The Hall–Kier alpha value is -4.43. The number of ether oxygens (including phenoxy) is 4. The quantitative estimate of drug-likeness (QED) is 0.0419. The first-order chi connectivity index (χ1) is 34.1. The number of carboxylic acid groups (broad SMARTS) is 1. The highest BCUT2D eigenvalue weighted by Crippen LogP contribution is 2.22. The highest BCUT2D eigenvalue weighted by atomic mass is 16.5. The van der Waals surface area contributed by atoms with Crippen molar-refractivity contribution in [3.8, 4) is 0 Å². The van der Waals surface area contributed by atoms with Gasteiger partial charge in [0.1, 0.15) is 30.6 Å². The molecule has 19 nitrogen and oxygen atoms in total. The van der Waals surface area contributed by atoms with Crippen LogP contribution in [0.1, 0.15) is 181 Å². The van der Waals surface area contributed by atoms with Crippen molar-refractivity contribution < 1.29 is 62.4 Å². The van der Waals surface area contributed by atoms with Gasteiger partial charge >= 0.3 is 5.97 Å². The second kappa shape index (κ2) is 42.1. The van der Waals surface area contributed by atoms with Gasteiger partial charge in [0, 0.05) is 82.5 Å². The molecule has 1 heterocycles. The van der Waals surface area contributed by atoms with Crippen LogP contribution in [0.5, 0.6) is 0 Å². The van der Waals surface area contributed by atoms with E-state index >= 15 is 0 Å². The van der Waals surface area contributed by atoms with Crippen molar-refractivity contribution in [3.63, 3.8) is 0 Å². The van der Waals surface area contributed by atoms with Crippen LogP contribution in [0.4, 0.5) is 0 Å². The number of amides is 3. The number of ketones is 4. The van der Waals surface area contributed by atoms with Gasteiger partial charge in [-0.3, -0.25) is 33.6 Å². The van der Waals surface area contributed by atoms with Gasteiger partial charge in [0.2, 0.25) is 17.7 Å². The summed E-state index contributed by atoms with van der Waals surface area (Å²) < 4.78 is 21.7. The third-order valence-corrected chi connectivity index (χ3v) is 12.0. The minimum Gasteiger partial charge on any atom is -0.481 e. The van der Waals surface area contributed by atoms with E-state index in [0.717, 1.165) is 32.1 Å². The van der Waals surface area contributed by atoms with Gasteiger partial charge < -0.3 is 55.5 Å². The number of nitrogens with zero attached hydrogens (tertiary/aromatic N) is 1. The maximum absolute atomic E-state index is 13.4. The summed E-state index contributed by atoms with van der Waals surface area (Å²) in [5.74, 6) is -2.83. The smallest absolute Gasteiger partial charge is 0.303 e. The lowest BCUT2D eigenvalue weighted by molar-refractivity contribution is -0.137. The van der Waals surface area contributed by atoms with Gasteiger partial charge in [0.05, 0.1) is 50.9 Å². The number of imidazole rings is 1. The first-order valence-corrected chi connectivity index (χ1v) is 26.3. The van der Waals surface area contributed by atoms with Crippen LogP contribution < -0.4 is 21.7 Å². The topological polar surface area (TPSA) is 284 Å². The summed E-state index contributed by atoms with van der Waals surface area (Å²) in [6.45, 7) is 6.61. The molecule has 0 bridgehead atoms. The van der Waals surface area contributed by atoms with Gasteiger partial charge in [-0.05, 0) is 52.9 Å². The summed E-state index contributed by atoms with van der Waals surface area (Å²) in [7, 11) is 0. The molecule has 0 aliphatic rings. The Balaban J connectivity index is 2.01. The number of aromatic amines is 1. The molecule has 2 atom stereocenters. The number of aliphatic carboxylic acids is 1. The fourth-order valence-electron chi connectivity index (χ4n) is 7.65. The molecule has 1 aromatic heterocycles. The number of aromatic nitrogens is 2. The van der Waals surface area contributed by atoms with Gasteiger partial charge in [0.25, 0.3) is 0 Å². The van der Waals surface area contributed by atoms with E-state index in [1.807, 2.05) is 0 Å². The Labute approximate surface area is 422 Å². The van der Waals surface area contributed by atoms with E-state index in [0.29, 0.717) is 64.0 Å². The number of carbonyl (C=O) groups excluding carboxylic acids is 7. The molecule has 0 aromatic carbocycles. The molecule has 71 heavy (non-hydrogen) atoms. The predicted molar refractivity (Wildman–Crippen MR) is 269 cm³/mol. The van der Waals surface area contributed by atoms with Crippen molar-refractivity contribution in [1.82, 2.24) is 25.9 Å². The summed E-state index contributed by atoms with van der Waals surface area (Å²) in [6, 6.07) is -0.912. The van der Waals surface area contributed by atoms with Crippen LogP contribution in [0.15, 0.2) is 12.5 Å². The van der Waals surface area contributed by atoms with E-state index in [1.165, 1.54) is 71.0 Å². The molecule has 1 aromatic rings. The first kappa shape index (κ1) is 64.6. The average molecular weight is 1010 g/mol. The van der Waals surface area contributed by atoms with Gasteiger partial charge in [-0.1, -0.05) is 83.5 Å². The van der Waals surface area contributed by atoms with Crippen molar-refractivity contribution >= 4 is 46.8 Å². The molecule has 7 N–H and O–H groups in total. The molecule has 0 aliphatic carbocycles. The Bertz CT molecular complexity index is 1640. The van der Waals surface area contributed by atoms with E-state index in [9.17, 15) is 38.4 Å². The van der Waals surface area contributed by atoms with Crippen molar-refractivity contribution in [1.29, 1.82) is 0 Å². The molecule has 19 heteroatoms. The number of hydrogen-bond acceptors (Lipinski definition) is 14. The molecule has 0 saturated heterocycles. The number of carboxylic acids is 1. The number of rotatable bonds is 50. The highest BCUT2D eigenvalue weighted by molar-refractivity contribution is 5.96. The Morgan fingerprint density at radius 1 is 0.634 bits per heavy atom. The molecular weight excluding hydrogens is 917 g/mol. The summed E-state index contributed by atoms with van der Waals surface area (Å²) in [6.07, 6.45) is 23.0. The first-order valence-electron chi connectivity index (χ1n) is 26.3. The number of nitrogens with one attached hydrogen (secondary N) is 4. The SMILES string of the molecule is CC(=O)CCC(=O)[C@H](CCCCNC(=O)COCCOCCNC(=O)COCCOCCCC(=O)CCCCCCCCCCCCCCCCC(=O)O)CC(=O)C(C)(C)NC(=O)[C@@H](N)Cc1cnc[nH]1. The highest BCUT2D eigenvalue weighted by Gasteiger charge is 2.34. The van der Waals surface area contributed by atoms with Crippen molar-refractivity contribution in [2.24, 2.45) is 11.7 Å². The van der Waals surface area contributed by atoms with Crippen LogP contribution in [0.25, 0.3) is 0 Å². The number of Topliss-reactive ketones (excluding diaryl/α,β-unsaturated/α-hetero) is 4. The fraction of sp³-hybridized carbons (Fsp3) is 0.788. The number of carbonyl (C=O) groups is 8. The number of nitrogens with two attached hydrogens (primary N) is 1. The van der Waals surface area contributed by atoms with Crippen LogP contribution in [0.3, 0.4) is 0 Å². The van der Waals surface area contributed by atoms with Crippen molar-refractivity contribution in [2.45, 2.75) is 193 Å². The zero-order valence-electron chi connectivity index (χ0n) is 43.4. The van der Waals surface area contributed by atoms with Crippen LogP contribution in [-0.4, -0.2) is 139 Å². The normalized spacial score (nSPS) is 12.3. The zero-order chi connectivity index (χ0) is 52.4. The molecule has 0 unspecified atom stereocenters. The molecular formula is C52H90N6O13. The summed E-state index contributed by atoms with van der Waals surface area (Å²) in [5.41, 5.74) is 5.44. The Kier molecular flexibility index (Phi) is 38.3. The van der Waals surface area contributed by atoms with E-state index in [-0.39, 0.29) is 113 Å². The van der Waals surface area contributed by atoms with E-state index in [2.05, 4.69) is 25.9 Å². The van der Waals surface area contributed by atoms with Crippen LogP contribution in [0, 0.1) is 5.92 Å². The molecule has 0 fully saturated rings. The monoisotopic (exact) mass is 1010 g/mol. The lowest BCUT2D eigenvalue weighted by atomic mass is 9.84. The molecule has 3 amide bonds. The molecule has 0 radical (unpaired) electrons. The van der Waals surface area contributed by atoms with E-state index < -0.39 is 29.4 Å². The minimum atomic E-state index is -1.28.